The summed E-state index contributed by atoms with van der Waals surface area (Å²) in [4.78, 5) is 26.1. The summed E-state index contributed by atoms with van der Waals surface area (Å²) in [5, 5.41) is 1.60. The van der Waals surface area contributed by atoms with Crippen molar-refractivity contribution in [2.24, 2.45) is 0 Å². The van der Waals surface area contributed by atoms with E-state index >= 15 is 0 Å². The van der Waals surface area contributed by atoms with E-state index in [-0.39, 0.29) is 29.3 Å². The molecule has 2 aliphatic heterocycles. The minimum Gasteiger partial charge on any atom is -1.00 e. The first-order valence-corrected chi connectivity index (χ1v) is 15.9. The lowest BCUT2D eigenvalue weighted by molar-refractivity contribution is -0.664. The number of aryl methyl sites for hydroxylation is 2. The van der Waals surface area contributed by atoms with Crippen LogP contribution in [0.5, 0.6) is 0 Å². The monoisotopic (exact) mass is 660 g/mol. The number of amides is 1. The fraction of sp³-hybridized carbons (Fsp3) is 0.500. The highest BCUT2D eigenvalue weighted by Crippen LogP contribution is 2.33. The third-order valence-corrected chi connectivity index (χ3v) is 9.43. The number of fused-ring (bicyclic) bond motifs is 3. The normalized spacial score (nSPS) is 17.1. The second kappa shape index (κ2) is 13.6. The first-order chi connectivity index (χ1) is 18.1. The van der Waals surface area contributed by atoms with Gasteiger partial charge in [-0.1, -0.05) is 11.6 Å². The first kappa shape index (κ1) is 31.5. The quantitative estimate of drug-likeness (QED) is 0.228. The average molecular weight is 662 g/mol. The lowest BCUT2D eigenvalue weighted by Gasteiger charge is -2.15. The molecule has 3 heterocycles. The number of hydrogen-bond acceptors (Lipinski definition) is 7. The van der Waals surface area contributed by atoms with Gasteiger partial charge in [-0.2, -0.15) is 0 Å². The Balaban J connectivity index is 0.00000420. The number of nitrogens with zero attached hydrogens (tertiary/aromatic N) is 3. The van der Waals surface area contributed by atoms with Crippen molar-refractivity contribution in [2.75, 3.05) is 31.2 Å². The van der Waals surface area contributed by atoms with Crippen molar-refractivity contribution in [1.29, 1.82) is 0 Å². The van der Waals surface area contributed by atoms with Crippen molar-refractivity contribution in [3.05, 3.63) is 45.7 Å². The number of nitrogens with one attached hydrogen (secondary N) is 1. The van der Waals surface area contributed by atoms with E-state index in [1.165, 1.54) is 17.5 Å². The van der Waals surface area contributed by atoms with Crippen molar-refractivity contribution < 1.29 is 44.3 Å². The SMILES string of the molecule is CCOC(=O)c1cc2c(cc1Cl)[n+]1c(n2CCCCS(=O)(=O)NC(C)=O)C(=CC=C2SCCN2CC)CC1.[Br-]. The highest BCUT2D eigenvalue weighted by atomic mass is 79.9. The third-order valence-electron chi connectivity index (χ3n) is 6.62. The van der Waals surface area contributed by atoms with Gasteiger partial charge < -0.3 is 26.6 Å². The van der Waals surface area contributed by atoms with Gasteiger partial charge in [-0.3, -0.25) is 9.52 Å². The minimum atomic E-state index is -3.66. The Morgan fingerprint density at radius 2 is 2.00 bits per heavy atom. The van der Waals surface area contributed by atoms with E-state index in [9.17, 15) is 18.0 Å². The number of esters is 1. The maximum absolute atomic E-state index is 12.6. The molecule has 9 nitrogen and oxygen atoms in total. The molecule has 1 amide bonds. The van der Waals surface area contributed by atoms with E-state index in [2.05, 4.69) is 33.1 Å². The average Bonchev–Trinajstić information content (AvgIpc) is 3.55. The number of allylic oxidation sites excluding steroid dienone is 3. The van der Waals surface area contributed by atoms with Crippen LogP contribution in [0.1, 0.15) is 56.2 Å². The van der Waals surface area contributed by atoms with Gasteiger partial charge in [-0.05, 0) is 38.8 Å². The Kier molecular flexibility index (Phi) is 11.0. The summed E-state index contributed by atoms with van der Waals surface area (Å²) in [5.41, 5.74) is 3.25. The maximum atomic E-state index is 12.6. The van der Waals surface area contributed by atoms with Crippen LogP contribution in [0.25, 0.3) is 16.6 Å². The number of rotatable bonds is 10. The Morgan fingerprint density at radius 3 is 2.69 bits per heavy atom. The molecule has 1 aromatic carbocycles. The first-order valence-electron chi connectivity index (χ1n) is 12.9. The number of halogens is 2. The number of sulfonamides is 1. The minimum absolute atomic E-state index is 0. The van der Waals surface area contributed by atoms with Crippen molar-refractivity contribution in [1.82, 2.24) is 14.2 Å². The third kappa shape index (κ3) is 7.20. The predicted molar refractivity (Wildman–Crippen MR) is 150 cm³/mol. The molecule has 0 radical (unpaired) electrons. The van der Waals surface area contributed by atoms with Crippen LogP contribution in [0.4, 0.5) is 0 Å². The molecule has 0 aliphatic carbocycles. The molecule has 1 fully saturated rings. The molecule has 0 atom stereocenters. The van der Waals surface area contributed by atoms with Crippen molar-refractivity contribution in [2.45, 2.75) is 53.1 Å². The number of carbonyl (C=O) groups excluding carboxylic acids is 2. The molecule has 13 heteroatoms. The van der Waals surface area contributed by atoms with Gasteiger partial charge in [0.25, 0.3) is 5.82 Å². The van der Waals surface area contributed by atoms with Crippen molar-refractivity contribution in [3.8, 4) is 0 Å². The van der Waals surface area contributed by atoms with Crippen LogP contribution >= 0.6 is 23.4 Å². The number of carbonyl (C=O) groups is 2. The zero-order chi connectivity index (χ0) is 27.4. The van der Waals surface area contributed by atoms with Crippen LogP contribution in [-0.2, 0) is 32.6 Å². The van der Waals surface area contributed by atoms with Crippen LogP contribution in [0.3, 0.4) is 0 Å². The highest BCUT2D eigenvalue weighted by molar-refractivity contribution is 8.03. The van der Waals surface area contributed by atoms with Gasteiger partial charge in [-0.15, -0.1) is 11.8 Å². The largest absolute Gasteiger partial charge is 1.00 e. The van der Waals surface area contributed by atoms with E-state index in [1.807, 2.05) is 22.6 Å². The molecule has 214 valence electrons. The van der Waals surface area contributed by atoms with Gasteiger partial charge in [0.2, 0.25) is 15.9 Å². The van der Waals surface area contributed by atoms with E-state index in [0.717, 1.165) is 48.7 Å². The molecular weight excluding hydrogens is 628 g/mol. The van der Waals surface area contributed by atoms with Gasteiger partial charge in [0.15, 0.2) is 11.0 Å². The molecule has 0 bridgehead atoms. The molecular formula is C26H34BrClN4O5S2. The van der Waals surface area contributed by atoms with E-state index < -0.39 is 21.9 Å². The van der Waals surface area contributed by atoms with Crippen molar-refractivity contribution in [3.63, 3.8) is 0 Å². The molecule has 0 saturated carbocycles. The number of imidazole rings is 1. The van der Waals surface area contributed by atoms with Crippen LogP contribution in [-0.4, -0.2) is 61.0 Å². The number of unbranched alkanes of at least 4 members (excludes halogenated alkanes) is 1. The standard InChI is InChI=1S/C26H33ClN4O5S2.BrH/c1-4-29-13-14-37-24(29)9-8-19-10-12-31-23-17-21(27)20(26(33)36-5-2)16-22(23)30(25(19)31)11-6-7-15-38(34,35)28-18(3)32;/h8-9,16-17H,4-7,10-15H2,1-3H3;1H. The van der Waals surface area contributed by atoms with E-state index in [1.54, 1.807) is 13.0 Å². The molecule has 0 unspecified atom stereocenters. The summed E-state index contributed by atoms with van der Waals surface area (Å²) in [6.45, 7) is 8.68. The lowest BCUT2D eigenvalue weighted by Crippen LogP contribution is -3.00. The van der Waals surface area contributed by atoms with Crippen LogP contribution in [0, 0.1) is 0 Å². The molecule has 2 aliphatic rings. The summed E-state index contributed by atoms with van der Waals surface area (Å²) >= 11 is 8.38. The van der Waals surface area contributed by atoms with Gasteiger partial charge >= 0.3 is 5.97 Å². The second-order valence-electron chi connectivity index (χ2n) is 9.23. The predicted octanol–water partition coefficient (Wildman–Crippen LogP) is 0.706. The number of hydrogen-bond donors (Lipinski definition) is 1. The van der Waals surface area contributed by atoms with Gasteiger partial charge in [0.05, 0.1) is 41.1 Å². The Labute approximate surface area is 249 Å². The fourth-order valence-electron chi connectivity index (χ4n) is 4.96. The highest BCUT2D eigenvalue weighted by Gasteiger charge is 2.34. The Bertz CT molecular complexity index is 1420. The van der Waals surface area contributed by atoms with Gasteiger partial charge in [0.1, 0.15) is 0 Å². The molecule has 4 rings (SSSR count). The topological polar surface area (TPSA) is 102 Å². The maximum Gasteiger partial charge on any atom is 0.339 e. The Hall–Kier alpha value is -2.02. The zero-order valence-corrected chi connectivity index (χ0v) is 26.3. The van der Waals surface area contributed by atoms with Gasteiger partial charge in [-0.25, -0.2) is 22.3 Å². The number of aromatic nitrogens is 2. The van der Waals surface area contributed by atoms with E-state index in [4.69, 9.17) is 16.3 Å². The molecule has 1 saturated heterocycles. The number of benzene rings is 1. The van der Waals surface area contributed by atoms with Crippen molar-refractivity contribution >= 4 is 61.9 Å². The van der Waals surface area contributed by atoms with Crippen LogP contribution < -0.4 is 26.3 Å². The summed E-state index contributed by atoms with van der Waals surface area (Å²) < 4.78 is 35.8. The summed E-state index contributed by atoms with van der Waals surface area (Å²) in [5.74, 6) is 0.909. The number of thioether (sulfide) groups is 1. The summed E-state index contributed by atoms with van der Waals surface area (Å²) in [7, 11) is -3.66. The zero-order valence-electron chi connectivity index (χ0n) is 22.3. The molecule has 1 aromatic heterocycles. The van der Waals surface area contributed by atoms with Crippen LogP contribution in [0.15, 0.2) is 29.3 Å². The van der Waals surface area contributed by atoms with Gasteiger partial charge in [0, 0.05) is 49.9 Å². The lowest BCUT2D eigenvalue weighted by atomic mass is 10.1. The molecule has 39 heavy (non-hydrogen) atoms. The van der Waals surface area contributed by atoms with E-state index in [0.29, 0.717) is 30.0 Å². The fourth-order valence-corrected chi connectivity index (χ4v) is 7.40. The molecule has 0 spiro atoms. The molecule has 1 N–H and O–H groups in total. The number of ether oxygens (including phenoxy) is 1. The molecule has 2 aromatic rings. The second-order valence-corrected chi connectivity index (χ2v) is 12.6. The Morgan fingerprint density at radius 1 is 1.23 bits per heavy atom. The summed E-state index contributed by atoms with van der Waals surface area (Å²) in [6.07, 6.45) is 6.18. The summed E-state index contributed by atoms with van der Waals surface area (Å²) in [6, 6.07) is 3.59. The smallest absolute Gasteiger partial charge is 0.339 e. The van der Waals surface area contributed by atoms with Crippen LogP contribution in [0.2, 0.25) is 5.02 Å².